The van der Waals surface area contributed by atoms with E-state index in [9.17, 15) is 0 Å². The summed E-state index contributed by atoms with van der Waals surface area (Å²) in [5.41, 5.74) is 10.3. The van der Waals surface area contributed by atoms with Crippen LogP contribution in [0.15, 0.2) is 152 Å². The van der Waals surface area contributed by atoms with Gasteiger partial charge in [0.1, 0.15) is 0 Å². The Morgan fingerprint density at radius 1 is 0.319 bits per heavy atom. The lowest BCUT2D eigenvalue weighted by molar-refractivity contribution is 1.07. The molecule has 9 aromatic rings. The lowest BCUT2D eigenvalue weighted by atomic mass is 9.92. The fraction of sp³-hybridized carbons (Fsp3) is 0. The molecule has 7 aromatic carbocycles. The monoisotopic (exact) mass is 615 g/mol. The molecule has 0 bridgehead atoms. The molecule has 0 amide bonds. The van der Waals surface area contributed by atoms with Gasteiger partial charge in [-0.15, -0.1) is 11.3 Å². The second kappa shape index (κ2) is 10.3. The topological polar surface area (TPSA) is 38.7 Å². The molecule has 0 saturated carbocycles. The quantitative estimate of drug-likeness (QED) is 0.198. The molecule has 3 nitrogen and oxygen atoms in total. The van der Waals surface area contributed by atoms with Crippen LogP contribution in [-0.2, 0) is 0 Å². The predicted octanol–water partition coefficient (Wildman–Crippen LogP) is 11.7. The van der Waals surface area contributed by atoms with E-state index < -0.39 is 0 Å². The molecule has 218 valence electrons. The summed E-state index contributed by atoms with van der Waals surface area (Å²) in [6.45, 7) is 0. The lowest BCUT2D eigenvalue weighted by Gasteiger charge is -2.13. The van der Waals surface area contributed by atoms with Crippen LogP contribution in [-0.4, -0.2) is 15.0 Å². The van der Waals surface area contributed by atoms with Crippen molar-refractivity contribution in [3.8, 4) is 67.5 Å². The van der Waals surface area contributed by atoms with Crippen LogP contribution in [0.4, 0.5) is 0 Å². The number of hydrogen-bond donors (Lipinski definition) is 0. The van der Waals surface area contributed by atoms with Gasteiger partial charge in [-0.2, -0.15) is 0 Å². The van der Waals surface area contributed by atoms with E-state index in [0.717, 1.165) is 22.3 Å². The van der Waals surface area contributed by atoms with E-state index in [-0.39, 0.29) is 0 Å². The first kappa shape index (κ1) is 26.3. The van der Waals surface area contributed by atoms with Crippen molar-refractivity contribution in [2.24, 2.45) is 0 Å². The molecule has 0 radical (unpaired) electrons. The van der Waals surface area contributed by atoms with Gasteiger partial charge in [-0.05, 0) is 68.4 Å². The summed E-state index contributed by atoms with van der Waals surface area (Å²) in [4.78, 5) is 14.9. The van der Waals surface area contributed by atoms with Gasteiger partial charge in [0.2, 0.25) is 0 Å². The average molecular weight is 616 g/mol. The Kier molecular flexibility index (Phi) is 5.74. The summed E-state index contributed by atoms with van der Waals surface area (Å²) in [7, 11) is 0. The van der Waals surface area contributed by atoms with E-state index >= 15 is 0 Å². The first-order chi connectivity index (χ1) is 23.3. The summed E-state index contributed by atoms with van der Waals surface area (Å²) >= 11 is 1.88. The number of thiophene rings is 1. The highest BCUT2D eigenvalue weighted by molar-refractivity contribution is 7.26. The van der Waals surface area contributed by atoms with Crippen LogP contribution in [0, 0.1) is 0 Å². The third-order valence-corrected chi connectivity index (χ3v) is 10.3. The van der Waals surface area contributed by atoms with Crippen LogP contribution in [0.2, 0.25) is 0 Å². The van der Waals surface area contributed by atoms with Crippen LogP contribution >= 0.6 is 11.3 Å². The lowest BCUT2D eigenvalue weighted by Crippen LogP contribution is -2.00. The summed E-state index contributed by atoms with van der Waals surface area (Å²) in [5, 5.41) is 5.37. The number of hydrogen-bond acceptors (Lipinski definition) is 4. The van der Waals surface area contributed by atoms with Gasteiger partial charge in [-0.3, -0.25) is 0 Å². The predicted molar refractivity (Wildman–Crippen MR) is 196 cm³/mol. The Labute approximate surface area is 275 Å². The number of fused-ring (bicyclic) bond motifs is 3. The van der Waals surface area contributed by atoms with Crippen LogP contribution in [0.5, 0.6) is 0 Å². The van der Waals surface area contributed by atoms with E-state index in [1.807, 2.05) is 72.0 Å². The second-order valence-corrected chi connectivity index (χ2v) is 13.1. The molecule has 1 aliphatic rings. The second-order valence-electron chi connectivity index (χ2n) is 12.0. The molecule has 0 saturated heterocycles. The average Bonchev–Trinajstić information content (AvgIpc) is 3.48. The van der Waals surface area contributed by atoms with E-state index in [4.69, 9.17) is 15.0 Å². The maximum absolute atomic E-state index is 5.00. The highest BCUT2D eigenvalue weighted by Gasteiger charge is 2.23. The van der Waals surface area contributed by atoms with Crippen molar-refractivity contribution in [2.75, 3.05) is 0 Å². The smallest absolute Gasteiger partial charge is 0.164 e. The molecule has 0 fully saturated rings. The summed E-state index contributed by atoms with van der Waals surface area (Å²) in [5.74, 6) is 1.98. The van der Waals surface area contributed by atoms with Crippen LogP contribution < -0.4 is 0 Å². The third kappa shape index (κ3) is 4.16. The van der Waals surface area contributed by atoms with Crippen molar-refractivity contribution in [1.82, 2.24) is 15.0 Å². The number of benzene rings is 7. The maximum atomic E-state index is 5.00. The molecule has 1 aliphatic carbocycles. The molecule has 0 atom stereocenters. The Morgan fingerprint density at radius 3 is 1.62 bits per heavy atom. The minimum atomic E-state index is 0.656. The zero-order chi connectivity index (χ0) is 30.9. The number of rotatable bonds is 4. The molecule has 0 unspecified atom stereocenters. The van der Waals surface area contributed by atoms with E-state index in [2.05, 4.69) is 91.0 Å². The third-order valence-electron chi connectivity index (χ3n) is 9.24. The Bertz CT molecular complexity index is 2620. The van der Waals surface area contributed by atoms with Crippen LogP contribution in [0.3, 0.4) is 0 Å². The molecule has 4 heteroatoms. The van der Waals surface area contributed by atoms with Gasteiger partial charge in [0.25, 0.3) is 0 Å². The van der Waals surface area contributed by atoms with Crippen LogP contribution in [0.25, 0.3) is 98.5 Å². The largest absolute Gasteiger partial charge is 0.208 e. The molecule has 47 heavy (non-hydrogen) atoms. The van der Waals surface area contributed by atoms with Gasteiger partial charge in [-0.25, -0.2) is 15.0 Å². The zero-order valence-electron chi connectivity index (χ0n) is 25.2. The fourth-order valence-corrected chi connectivity index (χ4v) is 8.28. The normalized spacial score (nSPS) is 11.8. The highest BCUT2D eigenvalue weighted by atomic mass is 32.1. The molecule has 0 spiro atoms. The highest BCUT2D eigenvalue weighted by Crippen LogP contribution is 2.51. The Morgan fingerprint density at radius 2 is 0.894 bits per heavy atom. The molecule has 10 rings (SSSR count). The summed E-state index contributed by atoms with van der Waals surface area (Å²) < 4.78 is 2.63. The van der Waals surface area contributed by atoms with E-state index in [1.165, 1.54) is 58.8 Å². The van der Waals surface area contributed by atoms with Crippen molar-refractivity contribution in [3.63, 3.8) is 0 Å². The first-order valence-corrected chi connectivity index (χ1v) is 16.6. The summed E-state index contributed by atoms with van der Waals surface area (Å²) in [6.07, 6.45) is 0. The van der Waals surface area contributed by atoms with Gasteiger partial charge >= 0.3 is 0 Å². The van der Waals surface area contributed by atoms with Crippen molar-refractivity contribution in [3.05, 3.63) is 152 Å². The fourth-order valence-electron chi connectivity index (χ4n) is 7.10. The molecule has 0 N–H and O–H groups in total. The van der Waals surface area contributed by atoms with Gasteiger partial charge < -0.3 is 0 Å². The Hall–Kier alpha value is -5.97. The zero-order valence-corrected chi connectivity index (χ0v) is 26.0. The standard InChI is InChI=1S/C43H25N3S/c1-3-11-27(12-4-1)41-44-42(28-13-5-2-6-14-28)46-43(45-41)30-17-9-16-29(23-30)31-24-35-33-19-8-7-18-32(33)34-20-10-15-26-21-22-36-40(38(26)34)39(35)37(25-31)47-36/h1-25H. The molecule has 2 aromatic heterocycles. The minimum Gasteiger partial charge on any atom is -0.208 e. The van der Waals surface area contributed by atoms with Crippen molar-refractivity contribution in [1.29, 1.82) is 0 Å². The summed E-state index contributed by atoms with van der Waals surface area (Å²) in [6, 6.07) is 53.8. The van der Waals surface area contributed by atoms with Gasteiger partial charge in [0.05, 0.1) is 0 Å². The minimum absolute atomic E-state index is 0.656. The van der Waals surface area contributed by atoms with Crippen molar-refractivity contribution < 1.29 is 0 Å². The SMILES string of the molecule is c1ccc(-c2nc(-c3ccccc3)nc(-c3cccc(-c4cc5c6c(c4)sc4ccc7cccc(c7c46)-c4ccccc4-5)c3)n2)cc1. The molecule has 2 heterocycles. The molecular weight excluding hydrogens is 591 g/mol. The number of nitrogens with zero attached hydrogens (tertiary/aromatic N) is 3. The first-order valence-electron chi connectivity index (χ1n) is 15.8. The maximum Gasteiger partial charge on any atom is 0.164 e. The van der Waals surface area contributed by atoms with Crippen molar-refractivity contribution in [2.45, 2.75) is 0 Å². The van der Waals surface area contributed by atoms with Gasteiger partial charge in [0, 0.05) is 36.9 Å². The van der Waals surface area contributed by atoms with Crippen LogP contribution in [0.1, 0.15) is 0 Å². The molecular formula is C43H25N3S. The number of aromatic nitrogens is 3. The van der Waals surface area contributed by atoms with Gasteiger partial charge in [-0.1, -0.05) is 127 Å². The molecule has 0 aliphatic heterocycles. The van der Waals surface area contributed by atoms with E-state index in [1.54, 1.807) is 0 Å². The van der Waals surface area contributed by atoms with Gasteiger partial charge in [0.15, 0.2) is 17.5 Å². The Balaban J connectivity index is 1.18. The van der Waals surface area contributed by atoms with E-state index in [0.29, 0.717) is 17.5 Å². The van der Waals surface area contributed by atoms with Crippen molar-refractivity contribution >= 4 is 42.3 Å².